The number of thiophene rings is 1. The van der Waals surface area contributed by atoms with Gasteiger partial charge in [-0.1, -0.05) is 32.0 Å². The number of hydrogen-bond acceptors (Lipinski definition) is 3. The summed E-state index contributed by atoms with van der Waals surface area (Å²) < 4.78 is 13.9. The number of carbonyl (C=O) groups excluding carboxylic acids is 1. The van der Waals surface area contributed by atoms with Gasteiger partial charge in [-0.25, -0.2) is 4.39 Å². The average Bonchev–Trinajstić information content (AvgIpc) is 3.04. The minimum atomic E-state index is -0.249. The van der Waals surface area contributed by atoms with Crippen molar-refractivity contribution in [1.29, 1.82) is 0 Å². The predicted molar refractivity (Wildman–Crippen MR) is 96.9 cm³/mol. The topological polar surface area (TPSA) is 23.6 Å². The summed E-state index contributed by atoms with van der Waals surface area (Å²) >= 11 is 1.37. The zero-order valence-electron chi connectivity index (χ0n) is 14.2. The minimum Gasteiger partial charge on any atom is -0.335 e. The zero-order chi connectivity index (χ0) is 17.1. The number of nitrogens with zero attached hydrogens (tertiary/aromatic N) is 2. The van der Waals surface area contributed by atoms with Crippen LogP contribution in [-0.2, 0) is 0 Å². The molecule has 1 aromatic heterocycles. The summed E-state index contributed by atoms with van der Waals surface area (Å²) in [7, 11) is 0. The van der Waals surface area contributed by atoms with Crippen LogP contribution in [0.2, 0.25) is 0 Å². The van der Waals surface area contributed by atoms with E-state index in [4.69, 9.17) is 0 Å². The van der Waals surface area contributed by atoms with Crippen molar-refractivity contribution in [3.05, 3.63) is 47.1 Å². The van der Waals surface area contributed by atoms with E-state index >= 15 is 0 Å². The predicted octanol–water partition coefficient (Wildman–Crippen LogP) is 3.97. The van der Waals surface area contributed by atoms with Gasteiger partial charge in [0.2, 0.25) is 0 Å². The number of rotatable bonds is 4. The zero-order valence-corrected chi connectivity index (χ0v) is 15.0. The molecular formula is C19H23FN2OS. The summed E-state index contributed by atoms with van der Waals surface area (Å²) in [5, 5.41) is 0. The number of halogens is 1. The van der Waals surface area contributed by atoms with Crippen molar-refractivity contribution in [3.8, 4) is 10.4 Å². The van der Waals surface area contributed by atoms with Crippen LogP contribution in [0.3, 0.4) is 0 Å². The second kappa shape index (κ2) is 7.45. The number of carbonyl (C=O) groups is 1. The lowest BCUT2D eigenvalue weighted by molar-refractivity contribution is 0.0628. The van der Waals surface area contributed by atoms with E-state index in [1.54, 1.807) is 12.1 Å². The molecular weight excluding hydrogens is 323 g/mol. The van der Waals surface area contributed by atoms with Gasteiger partial charge in [0.05, 0.1) is 4.88 Å². The highest BCUT2D eigenvalue weighted by molar-refractivity contribution is 7.17. The Morgan fingerprint density at radius 1 is 1.12 bits per heavy atom. The van der Waals surface area contributed by atoms with Gasteiger partial charge in [0, 0.05) is 43.2 Å². The molecule has 2 aromatic rings. The first-order chi connectivity index (χ1) is 11.5. The molecule has 0 spiro atoms. The smallest absolute Gasteiger partial charge is 0.264 e. The van der Waals surface area contributed by atoms with Crippen LogP contribution in [0.25, 0.3) is 10.4 Å². The fourth-order valence-corrected chi connectivity index (χ4v) is 4.07. The van der Waals surface area contributed by atoms with Crippen molar-refractivity contribution in [2.24, 2.45) is 5.92 Å². The quantitative estimate of drug-likeness (QED) is 0.836. The molecule has 0 radical (unpaired) electrons. The monoisotopic (exact) mass is 346 g/mol. The molecule has 3 nitrogen and oxygen atoms in total. The molecule has 1 amide bonds. The molecule has 0 atom stereocenters. The van der Waals surface area contributed by atoms with Crippen molar-refractivity contribution in [2.45, 2.75) is 13.8 Å². The molecule has 0 N–H and O–H groups in total. The van der Waals surface area contributed by atoms with Gasteiger partial charge in [0.1, 0.15) is 5.82 Å². The van der Waals surface area contributed by atoms with Crippen LogP contribution >= 0.6 is 11.3 Å². The SMILES string of the molecule is CC(C)CN1CCN(C(=O)c2ccc(-c3ccccc3F)s2)CC1. The van der Waals surface area contributed by atoms with Gasteiger partial charge < -0.3 is 4.90 Å². The van der Waals surface area contributed by atoms with Gasteiger partial charge in [0.15, 0.2) is 0 Å². The van der Waals surface area contributed by atoms with Crippen molar-refractivity contribution >= 4 is 17.2 Å². The van der Waals surface area contributed by atoms with E-state index in [1.807, 2.05) is 23.1 Å². The summed E-state index contributed by atoms with van der Waals surface area (Å²) in [6.45, 7) is 8.89. The van der Waals surface area contributed by atoms with E-state index in [2.05, 4.69) is 18.7 Å². The van der Waals surface area contributed by atoms with Gasteiger partial charge in [-0.2, -0.15) is 0 Å². The highest BCUT2D eigenvalue weighted by Gasteiger charge is 2.23. The van der Waals surface area contributed by atoms with Crippen LogP contribution < -0.4 is 0 Å². The summed E-state index contributed by atoms with van der Waals surface area (Å²) in [6, 6.07) is 10.3. The lowest BCUT2D eigenvalue weighted by atomic mass is 10.2. The van der Waals surface area contributed by atoms with E-state index in [9.17, 15) is 9.18 Å². The van der Waals surface area contributed by atoms with E-state index in [-0.39, 0.29) is 11.7 Å². The van der Waals surface area contributed by atoms with Gasteiger partial charge in [-0.3, -0.25) is 9.69 Å². The normalized spacial score (nSPS) is 15.9. The summed E-state index contributed by atoms with van der Waals surface area (Å²) in [6.07, 6.45) is 0. The fraction of sp³-hybridized carbons (Fsp3) is 0.421. The Morgan fingerprint density at radius 3 is 2.50 bits per heavy atom. The molecule has 128 valence electrons. The number of amides is 1. The molecule has 1 aromatic carbocycles. The molecule has 0 saturated carbocycles. The third kappa shape index (κ3) is 3.84. The Balaban J connectivity index is 1.66. The van der Waals surface area contributed by atoms with E-state index in [1.165, 1.54) is 17.4 Å². The van der Waals surface area contributed by atoms with Gasteiger partial charge >= 0.3 is 0 Å². The minimum absolute atomic E-state index is 0.0618. The largest absolute Gasteiger partial charge is 0.335 e. The van der Waals surface area contributed by atoms with Gasteiger partial charge in [-0.05, 0) is 24.1 Å². The first kappa shape index (κ1) is 17.1. The second-order valence-corrected chi connectivity index (χ2v) is 7.71. The van der Waals surface area contributed by atoms with Crippen molar-refractivity contribution in [3.63, 3.8) is 0 Å². The van der Waals surface area contributed by atoms with Crippen LogP contribution in [0, 0.1) is 11.7 Å². The Hall–Kier alpha value is -1.72. The fourth-order valence-electron chi connectivity index (χ4n) is 3.06. The summed E-state index contributed by atoms with van der Waals surface area (Å²) in [5.74, 6) is 0.459. The lowest BCUT2D eigenvalue weighted by Gasteiger charge is -2.35. The third-order valence-corrected chi connectivity index (χ3v) is 5.35. The average molecular weight is 346 g/mol. The molecule has 0 bridgehead atoms. The summed E-state index contributed by atoms with van der Waals surface area (Å²) in [5.41, 5.74) is 0.559. The first-order valence-corrected chi connectivity index (χ1v) is 9.22. The Labute approximate surface area is 146 Å². The lowest BCUT2D eigenvalue weighted by Crippen LogP contribution is -2.49. The standard InChI is InChI=1S/C19H23FN2OS/c1-14(2)13-21-9-11-22(12-10-21)19(23)18-8-7-17(24-18)15-5-3-4-6-16(15)20/h3-8,14H,9-13H2,1-2H3. The highest BCUT2D eigenvalue weighted by Crippen LogP contribution is 2.30. The molecule has 24 heavy (non-hydrogen) atoms. The highest BCUT2D eigenvalue weighted by atomic mass is 32.1. The first-order valence-electron chi connectivity index (χ1n) is 8.41. The molecule has 1 saturated heterocycles. The van der Waals surface area contributed by atoms with Gasteiger partial charge in [-0.15, -0.1) is 11.3 Å². The maximum Gasteiger partial charge on any atom is 0.264 e. The van der Waals surface area contributed by atoms with Crippen LogP contribution in [0.15, 0.2) is 36.4 Å². The Bertz CT molecular complexity index is 705. The molecule has 1 fully saturated rings. The molecule has 3 rings (SSSR count). The Kier molecular flexibility index (Phi) is 5.31. The van der Waals surface area contributed by atoms with Crippen LogP contribution in [-0.4, -0.2) is 48.4 Å². The van der Waals surface area contributed by atoms with E-state index in [0.717, 1.165) is 37.6 Å². The molecule has 2 heterocycles. The molecule has 5 heteroatoms. The second-order valence-electron chi connectivity index (χ2n) is 6.63. The summed E-state index contributed by atoms with van der Waals surface area (Å²) in [4.78, 5) is 18.5. The number of hydrogen-bond donors (Lipinski definition) is 0. The Morgan fingerprint density at radius 2 is 1.83 bits per heavy atom. The van der Waals surface area contributed by atoms with Crippen molar-refractivity contribution in [2.75, 3.05) is 32.7 Å². The van der Waals surface area contributed by atoms with Crippen LogP contribution in [0.5, 0.6) is 0 Å². The van der Waals surface area contributed by atoms with E-state index < -0.39 is 0 Å². The molecule has 1 aliphatic rings. The van der Waals surface area contributed by atoms with Gasteiger partial charge in [0.25, 0.3) is 5.91 Å². The number of benzene rings is 1. The molecule has 0 unspecified atom stereocenters. The van der Waals surface area contributed by atoms with Crippen molar-refractivity contribution in [1.82, 2.24) is 9.80 Å². The molecule has 0 aliphatic carbocycles. The molecule has 1 aliphatic heterocycles. The number of piperazine rings is 1. The maximum atomic E-state index is 13.9. The third-order valence-electron chi connectivity index (χ3n) is 4.24. The van der Waals surface area contributed by atoms with Crippen LogP contribution in [0.1, 0.15) is 23.5 Å². The maximum absolute atomic E-state index is 13.9. The van der Waals surface area contributed by atoms with Crippen molar-refractivity contribution < 1.29 is 9.18 Å². The van der Waals surface area contributed by atoms with E-state index in [0.29, 0.717) is 16.4 Å². The van der Waals surface area contributed by atoms with Crippen LogP contribution in [0.4, 0.5) is 4.39 Å².